The van der Waals surface area contributed by atoms with E-state index < -0.39 is 23.2 Å². The van der Waals surface area contributed by atoms with Gasteiger partial charge in [-0.05, 0) is 41.8 Å². The molecule has 0 amide bonds. The molecule has 5 rings (SSSR count). The van der Waals surface area contributed by atoms with E-state index in [4.69, 9.17) is 4.74 Å². The minimum Gasteiger partial charge on any atom is -0.451 e. The standard InChI is InChI=1S/C28H22F3N3O2/c1-16(18-6-2-4-17(12-18)5-3-11-35)25-15-33-28(34-25)21-13-19(7-8-22(21)29)36-27-23(30)14-24-20(26(27)31)9-10-32-24/h2,4,6-16,32H,3,5H2,1H3,(H,33,34). The molecule has 36 heavy (non-hydrogen) atoms. The van der Waals surface area contributed by atoms with Gasteiger partial charge in [0.25, 0.3) is 0 Å². The van der Waals surface area contributed by atoms with Crippen LogP contribution in [0.5, 0.6) is 11.5 Å². The molecule has 2 heterocycles. The summed E-state index contributed by atoms with van der Waals surface area (Å²) in [6.07, 6.45) is 5.14. The van der Waals surface area contributed by atoms with Crippen LogP contribution in [-0.4, -0.2) is 21.2 Å². The van der Waals surface area contributed by atoms with E-state index in [1.165, 1.54) is 24.4 Å². The highest BCUT2D eigenvalue weighted by molar-refractivity contribution is 5.82. The molecule has 0 fully saturated rings. The number of nitrogens with one attached hydrogen (secondary N) is 2. The Morgan fingerprint density at radius 2 is 1.92 bits per heavy atom. The number of aryl methyl sites for hydroxylation is 1. The molecule has 5 aromatic rings. The molecule has 3 aromatic carbocycles. The number of nitrogens with zero attached hydrogens (tertiary/aromatic N) is 1. The Labute approximate surface area is 205 Å². The Balaban J connectivity index is 1.42. The highest BCUT2D eigenvalue weighted by Gasteiger charge is 2.19. The lowest BCUT2D eigenvalue weighted by molar-refractivity contribution is -0.107. The number of benzene rings is 3. The third kappa shape index (κ3) is 4.49. The van der Waals surface area contributed by atoms with Crippen molar-refractivity contribution in [1.82, 2.24) is 15.0 Å². The Bertz CT molecular complexity index is 1560. The van der Waals surface area contributed by atoms with Gasteiger partial charge in [0.15, 0.2) is 17.4 Å². The zero-order valence-corrected chi connectivity index (χ0v) is 19.3. The molecule has 5 nitrogen and oxygen atoms in total. The molecule has 8 heteroatoms. The van der Waals surface area contributed by atoms with Crippen LogP contribution < -0.4 is 4.74 Å². The summed E-state index contributed by atoms with van der Waals surface area (Å²) in [5.41, 5.74) is 3.26. The van der Waals surface area contributed by atoms with E-state index in [1.54, 1.807) is 6.20 Å². The first-order valence-electron chi connectivity index (χ1n) is 11.4. The van der Waals surface area contributed by atoms with Crippen molar-refractivity contribution in [2.24, 2.45) is 0 Å². The van der Waals surface area contributed by atoms with Crippen molar-refractivity contribution >= 4 is 17.2 Å². The molecule has 0 saturated heterocycles. The van der Waals surface area contributed by atoms with Crippen molar-refractivity contribution in [2.45, 2.75) is 25.7 Å². The van der Waals surface area contributed by atoms with Gasteiger partial charge in [-0.15, -0.1) is 0 Å². The number of H-pyrrole nitrogens is 2. The monoisotopic (exact) mass is 489 g/mol. The Kier molecular flexibility index (Phi) is 6.33. The predicted octanol–water partition coefficient (Wildman–Crippen LogP) is 7.05. The fraction of sp³-hybridized carbons (Fsp3) is 0.143. The van der Waals surface area contributed by atoms with Crippen LogP contribution in [0, 0.1) is 17.5 Å². The summed E-state index contributed by atoms with van der Waals surface area (Å²) in [6.45, 7) is 1.99. The second kappa shape index (κ2) is 9.73. The van der Waals surface area contributed by atoms with Crippen molar-refractivity contribution in [1.29, 1.82) is 0 Å². The lowest BCUT2D eigenvalue weighted by atomic mass is 9.95. The Hall–Kier alpha value is -4.33. The molecular formula is C28H22F3N3O2. The Morgan fingerprint density at radius 3 is 2.75 bits per heavy atom. The number of hydrogen-bond donors (Lipinski definition) is 2. The third-order valence-corrected chi connectivity index (χ3v) is 6.18. The van der Waals surface area contributed by atoms with Crippen LogP contribution in [-0.2, 0) is 11.2 Å². The first-order chi connectivity index (χ1) is 17.4. The summed E-state index contributed by atoms with van der Waals surface area (Å²) < 4.78 is 49.5. The van der Waals surface area contributed by atoms with Crippen LogP contribution in [0.2, 0.25) is 0 Å². The van der Waals surface area contributed by atoms with Gasteiger partial charge in [-0.3, -0.25) is 0 Å². The van der Waals surface area contributed by atoms with Gasteiger partial charge in [-0.2, -0.15) is 0 Å². The van der Waals surface area contributed by atoms with Crippen molar-refractivity contribution in [2.75, 3.05) is 0 Å². The minimum absolute atomic E-state index is 0.0629. The van der Waals surface area contributed by atoms with E-state index in [0.29, 0.717) is 18.4 Å². The lowest BCUT2D eigenvalue weighted by Crippen LogP contribution is -1.98. The maximum atomic E-state index is 14.8. The summed E-state index contributed by atoms with van der Waals surface area (Å²) >= 11 is 0. The van der Waals surface area contributed by atoms with Crippen LogP contribution in [0.25, 0.3) is 22.3 Å². The highest BCUT2D eigenvalue weighted by atomic mass is 19.1. The predicted molar refractivity (Wildman–Crippen MR) is 131 cm³/mol. The van der Waals surface area contributed by atoms with Gasteiger partial charge in [0.1, 0.15) is 23.7 Å². The maximum Gasteiger partial charge on any atom is 0.199 e. The van der Waals surface area contributed by atoms with E-state index in [0.717, 1.165) is 35.2 Å². The quantitative estimate of drug-likeness (QED) is 0.230. The number of imidazole rings is 1. The van der Waals surface area contributed by atoms with Crippen molar-refractivity contribution < 1.29 is 22.7 Å². The SMILES string of the molecule is CC(c1cccc(CCC=O)c1)c1cnc(-c2cc(Oc3c(F)cc4[nH]ccc4c3F)ccc2F)[nH]1. The summed E-state index contributed by atoms with van der Waals surface area (Å²) in [7, 11) is 0. The molecular weight excluding hydrogens is 467 g/mol. The van der Waals surface area contributed by atoms with Gasteiger partial charge in [0, 0.05) is 41.9 Å². The molecule has 0 aliphatic heterocycles. The van der Waals surface area contributed by atoms with Crippen LogP contribution in [0.4, 0.5) is 13.2 Å². The smallest absolute Gasteiger partial charge is 0.199 e. The fourth-order valence-electron chi connectivity index (χ4n) is 4.19. The fourth-order valence-corrected chi connectivity index (χ4v) is 4.19. The number of aldehydes is 1. The molecule has 1 atom stereocenters. The third-order valence-electron chi connectivity index (χ3n) is 6.18. The van der Waals surface area contributed by atoms with Gasteiger partial charge in [0.2, 0.25) is 0 Å². The highest BCUT2D eigenvalue weighted by Crippen LogP contribution is 2.35. The first kappa shape index (κ1) is 23.4. The topological polar surface area (TPSA) is 70.8 Å². The average molecular weight is 489 g/mol. The number of hydrogen-bond acceptors (Lipinski definition) is 3. The molecule has 0 bridgehead atoms. The maximum absolute atomic E-state index is 14.8. The largest absolute Gasteiger partial charge is 0.451 e. The Morgan fingerprint density at radius 1 is 1.06 bits per heavy atom. The second-order valence-corrected chi connectivity index (χ2v) is 8.54. The zero-order chi connectivity index (χ0) is 25.2. The minimum atomic E-state index is -0.877. The number of carbonyl (C=O) groups excluding carboxylic acids is 1. The molecule has 182 valence electrons. The van der Waals surface area contributed by atoms with E-state index in [9.17, 15) is 18.0 Å². The zero-order valence-electron chi connectivity index (χ0n) is 19.3. The van der Waals surface area contributed by atoms with Gasteiger partial charge in [0.05, 0.1) is 11.1 Å². The van der Waals surface area contributed by atoms with Gasteiger partial charge >= 0.3 is 0 Å². The van der Waals surface area contributed by atoms with Crippen LogP contribution in [0.15, 0.2) is 67.0 Å². The van der Waals surface area contributed by atoms with Crippen LogP contribution in [0.1, 0.15) is 36.1 Å². The molecule has 2 N–H and O–H groups in total. The van der Waals surface area contributed by atoms with Gasteiger partial charge in [-0.1, -0.05) is 31.2 Å². The van der Waals surface area contributed by atoms with E-state index >= 15 is 0 Å². The van der Waals surface area contributed by atoms with Crippen molar-refractivity contribution in [3.05, 3.63) is 101 Å². The number of ether oxygens (including phenoxy) is 1. The lowest BCUT2D eigenvalue weighted by Gasteiger charge is -2.12. The first-order valence-corrected chi connectivity index (χ1v) is 11.4. The molecule has 0 saturated carbocycles. The number of halogens is 3. The van der Waals surface area contributed by atoms with Gasteiger partial charge in [-0.25, -0.2) is 18.2 Å². The number of aromatic nitrogens is 3. The average Bonchev–Trinajstić information content (AvgIpc) is 3.56. The molecule has 1 unspecified atom stereocenters. The van der Waals surface area contributed by atoms with Crippen molar-refractivity contribution in [3.8, 4) is 22.9 Å². The number of carbonyl (C=O) groups is 1. The van der Waals surface area contributed by atoms with Gasteiger partial charge < -0.3 is 19.5 Å². The summed E-state index contributed by atoms with van der Waals surface area (Å²) in [4.78, 5) is 20.9. The number of aromatic amines is 2. The van der Waals surface area contributed by atoms with Crippen molar-refractivity contribution in [3.63, 3.8) is 0 Å². The molecule has 0 radical (unpaired) electrons. The molecule has 0 aliphatic rings. The second-order valence-electron chi connectivity index (χ2n) is 8.54. The van der Waals surface area contributed by atoms with E-state index in [1.807, 2.05) is 31.2 Å². The van der Waals surface area contributed by atoms with E-state index in [2.05, 4.69) is 15.0 Å². The number of fused-ring (bicyclic) bond motifs is 1. The molecule has 2 aromatic heterocycles. The molecule has 0 aliphatic carbocycles. The van der Waals surface area contributed by atoms with E-state index in [-0.39, 0.29) is 28.4 Å². The number of rotatable bonds is 8. The normalized spacial score (nSPS) is 12.1. The summed E-state index contributed by atoms with van der Waals surface area (Å²) in [5.74, 6) is -2.59. The summed E-state index contributed by atoms with van der Waals surface area (Å²) in [6, 6.07) is 14.4. The molecule has 0 spiro atoms. The van der Waals surface area contributed by atoms with Crippen LogP contribution in [0.3, 0.4) is 0 Å². The summed E-state index contributed by atoms with van der Waals surface area (Å²) in [5, 5.41) is 0.189. The van der Waals surface area contributed by atoms with Crippen LogP contribution >= 0.6 is 0 Å².